The standard InChI is InChI=1S/C29H28N2O2.C28H33N3O2.C26H29N3O2.C22H24N2O/c32-28(24-9-5-2-6-10-24)19-23-18-25(17-22-7-3-1-4-8-22)27(30-20-23)11-14-29(33)21-31-15-12-26(29)13-16-31;32-27(30-25-9-5-2-6-10-25)23-18-22(17-21-7-3-1-4-8-21)26(29-19-23)11-14-28(33)20-31-15-12-24(28)13-16-31;30-25(29-12-4-5-13-29)22-17-21(16-20-6-2-1-3-7-20)24(27-18-22)8-11-26(31)19-28-14-9-23(26)10-15-28;1-17-13-19(14-18-5-3-2-4-6-18)21(23-15-17)7-10-22(25)16-24-11-8-20(22)9-12-24/h1-10,18,20,26,33H,12-13,15-17,19,21H2;1,3-4,7-8,18-19,24-25,33H,2,5-6,9-10,12-13,15-17,20H2,(H,30,32);1-3,6-7,17-18,23,31H,4-5,9-10,12-16,19H2;2-6,13,15,20,25H,8-9,11-12,14,16H2,1H3. The van der Waals surface area contributed by atoms with Crippen LogP contribution in [-0.4, -0.2) is 203 Å². The molecule has 17 heterocycles. The van der Waals surface area contributed by atoms with Crippen LogP contribution in [0.25, 0.3) is 0 Å². The Labute approximate surface area is 720 Å². The van der Waals surface area contributed by atoms with E-state index in [0.717, 1.165) is 205 Å². The lowest BCUT2D eigenvalue weighted by Crippen LogP contribution is -2.58. The number of hydrogen-bond acceptors (Lipinski definition) is 15. The molecule has 4 atom stereocenters. The number of aryl methyl sites for hydroxylation is 1. The largest absolute Gasteiger partial charge is 0.376 e. The van der Waals surface area contributed by atoms with Gasteiger partial charge in [0.25, 0.3) is 11.8 Å². The summed E-state index contributed by atoms with van der Waals surface area (Å²) < 4.78 is 0. The Morgan fingerprint density at radius 2 is 0.689 bits per heavy atom. The number of rotatable bonds is 14. The number of fused-ring (bicyclic) bond motifs is 12. The number of carbonyl (C=O) groups excluding carboxylic acids is 3. The molecule has 14 aliphatic rings. The van der Waals surface area contributed by atoms with Gasteiger partial charge in [0, 0.05) is 131 Å². The second kappa shape index (κ2) is 39.2. The Morgan fingerprint density at radius 3 is 1.06 bits per heavy atom. The fraction of sp³-hybridized carbons (Fsp3) is 0.419. The van der Waals surface area contributed by atoms with Crippen molar-refractivity contribution in [2.24, 2.45) is 23.7 Å². The van der Waals surface area contributed by atoms with Crippen LogP contribution < -0.4 is 5.32 Å². The van der Waals surface area contributed by atoms with Gasteiger partial charge in [0.15, 0.2) is 5.78 Å². The number of benzene rings is 5. The highest BCUT2D eigenvalue weighted by molar-refractivity contribution is 5.97. The summed E-state index contributed by atoms with van der Waals surface area (Å²) in [6.45, 7) is 14.7. The molecule has 8 bridgehead atoms. The average Bonchev–Trinajstić information content (AvgIpc) is 0.799. The average molecular weight is 1630 g/mol. The van der Waals surface area contributed by atoms with E-state index in [9.17, 15) is 34.8 Å². The van der Waals surface area contributed by atoms with Crippen LogP contribution in [0.2, 0.25) is 0 Å². The van der Waals surface area contributed by atoms with Crippen LogP contribution in [0.15, 0.2) is 201 Å². The van der Waals surface area contributed by atoms with Crippen LogP contribution >= 0.6 is 0 Å². The van der Waals surface area contributed by atoms with Crippen LogP contribution in [0.1, 0.15) is 206 Å². The van der Waals surface area contributed by atoms with Gasteiger partial charge in [-0.25, -0.2) is 19.9 Å². The predicted molar refractivity (Wildman–Crippen MR) is 477 cm³/mol. The molecule has 9 aromatic rings. The molecule has 122 heavy (non-hydrogen) atoms. The predicted octanol–water partition coefficient (Wildman–Crippen LogP) is 13.0. The van der Waals surface area contributed by atoms with Crippen molar-refractivity contribution in [1.29, 1.82) is 0 Å². The third kappa shape index (κ3) is 21.5. The highest BCUT2D eigenvalue weighted by Crippen LogP contribution is 2.40. The Morgan fingerprint density at radius 1 is 0.361 bits per heavy atom. The molecule has 17 nitrogen and oxygen atoms in total. The van der Waals surface area contributed by atoms with E-state index in [2.05, 4.69) is 166 Å². The molecule has 5 N–H and O–H groups in total. The van der Waals surface area contributed by atoms with E-state index in [1.807, 2.05) is 120 Å². The number of hydrogen-bond donors (Lipinski definition) is 5. The number of Topliss-reactive ketones (excluding diaryl/α,β-unsaturated/α-hetero) is 1. The lowest BCUT2D eigenvalue weighted by Gasteiger charge is -2.47. The molecule has 4 aromatic heterocycles. The quantitative estimate of drug-likeness (QED) is 0.0506. The van der Waals surface area contributed by atoms with Gasteiger partial charge in [0.1, 0.15) is 45.2 Å². The normalized spacial score (nSPS) is 26.2. The molecular formula is C105H114N10O7. The van der Waals surface area contributed by atoms with Crippen molar-refractivity contribution in [3.8, 4) is 47.4 Å². The van der Waals surface area contributed by atoms with Crippen LogP contribution in [0.3, 0.4) is 0 Å². The molecule has 13 aliphatic heterocycles. The van der Waals surface area contributed by atoms with Crippen LogP contribution in [-0.2, 0) is 32.1 Å². The summed E-state index contributed by atoms with van der Waals surface area (Å²) in [4.78, 5) is 68.1. The molecule has 14 fully saturated rings. The minimum atomic E-state index is -0.973. The minimum Gasteiger partial charge on any atom is -0.376 e. The molecule has 13 saturated heterocycles. The molecule has 0 spiro atoms. The first kappa shape index (κ1) is 84.8. The zero-order valence-electron chi connectivity index (χ0n) is 70.5. The number of nitrogens with zero attached hydrogens (tertiary/aromatic N) is 9. The highest BCUT2D eigenvalue weighted by atomic mass is 16.3. The van der Waals surface area contributed by atoms with Gasteiger partial charge in [-0.15, -0.1) is 0 Å². The number of piperidine rings is 12. The first-order valence-corrected chi connectivity index (χ1v) is 44.6. The van der Waals surface area contributed by atoms with E-state index in [0.29, 0.717) is 91.6 Å². The molecule has 23 rings (SSSR count). The lowest BCUT2D eigenvalue weighted by molar-refractivity contribution is -0.0714. The Bertz CT molecular complexity index is 5390. The Balaban J connectivity index is 0.000000121. The van der Waals surface area contributed by atoms with Crippen LogP contribution in [0.5, 0.6) is 0 Å². The van der Waals surface area contributed by atoms with Crippen LogP contribution in [0, 0.1) is 78.0 Å². The van der Waals surface area contributed by atoms with Crippen molar-refractivity contribution in [3.63, 3.8) is 0 Å². The second-order valence-electron chi connectivity index (χ2n) is 35.7. The van der Waals surface area contributed by atoms with E-state index in [1.165, 1.54) is 24.8 Å². The van der Waals surface area contributed by atoms with Crippen molar-refractivity contribution in [2.45, 2.75) is 164 Å². The van der Waals surface area contributed by atoms with Crippen LogP contribution in [0.4, 0.5) is 0 Å². The second-order valence-corrected chi connectivity index (χ2v) is 35.7. The van der Waals surface area contributed by atoms with Gasteiger partial charge < -0.3 is 30.6 Å². The van der Waals surface area contributed by atoms with Gasteiger partial charge >= 0.3 is 0 Å². The van der Waals surface area contributed by atoms with Crippen molar-refractivity contribution in [2.75, 3.05) is 91.6 Å². The van der Waals surface area contributed by atoms with Gasteiger partial charge in [-0.2, -0.15) is 0 Å². The number of nitrogens with one attached hydrogen (secondary N) is 1. The zero-order chi connectivity index (χ0) is 83.9. The van der Waals surface area contributed by atoms with E-state index < -0.39 is 22.4 Å². The highest BCUT2D eigenvalue weighted by Gasteiger charge is 2.48. The summed E-state index contributed by atoms with van der Waals surface area (Å²) >= 11 is 0. The van der Waals surface area contributed by atoms with Gasteiger partial charge in [-0.1, -0.05) is 207 Å². The third-order valence-corrected chi connectivity index (χ3v) is 26.8. The number of ketones is 1. The van der Waals surface area contributed by atoms with Crippen molar-refractivity contribution >= 4 is 17.6 Å². The minimum absolute atomic E-state index is 0.0508. The molecule has 626 valence electrons. The molecule has 5 aromatic carbocycles. The van der Waals surface area contributed by atoms with E-state index in [-0.39, 0.29) is 41.4 Å². The SMILES string of the molecule is Cc1cnc(C#CC2(O)CN3CCC2CC3)c(Cc2ccccc2)c1.O=C(Cc1cnc(C#CC2(O)CN3CCC2CC3)c(Cc2ccccc2)c1)c1ccccc1.O=C(NC1CCCCC1)c1cnc(C#CC2(O)CN3CCC2CC3)c(Cc2ccccc2)c1.O=C(c1cnc(C#CC2(O)CN3CCC2CC3)c(Cc2ccccc2)c1)N1CCCC1. The summed E-state index contributed by atoms with van der Waals surface area (Å²) in [6.07, 6.45) is 25.9. The lowest BCUT2D eigenvalue weighted by atomic mass is 9.76. The van der Waals surface area contributed by atoms with Gasteiger partial charge in [0.2, 0.25) is 0 Å². The van der Waals surface area contributed by atoms with Crippen molar-refractivity contribution in [1.82, 2.24) is 49.8 Å². The van der Waals surface area contributed by atoms with E-state index in [1.54, 1.807) is 18.6 Å². The first-order chi connectivity index (χ1) is 59.4. The summed E-state index contributed by atoms with van der Waals surface area (Å²) in [5.41, 5.74) is 11.6. The number of amides is 2. The molecule has 2 amide bonds. The summed E-state index contributed by atoms with van der Waals surface area (Å²) in [5, 5.41) is 47.8. The molecule has 17 heteroatoms. The first-order valence-electron chi connectivity index (χ1n) is 44.6. The summed E-state index contributed by atoms with van der Waals surface area (Å²) in [5.74, 6) is 26.7. The monoisotopic (exact) mass is 1630 g/mol. The number of aromatic nitrogens is 4. The summed E-state index contributed by atoms with van der Waals surface area (Å²) in [7, 11) is 0. The van der Waals surface area contributed by atoms with Crippen molar-refractivity contribution < 1.29 is 34.8 Å². The maximum atomic E-state index is 12.9. The number of aliphatic hydroxyl groups is 4. The zero-order valence-corrected chi connectivity index (χ0v) is 70.5. The Hall–Kier alpha value is -10.8. The Kier molecular flexibility index (Phi) is 27.2. The van der Waals surface area contributed by atoms with Gasteiger partial charge in [0.05, 0.1) is 11.1 Å². The van der Waals surface area contributed by atoms with Gasteiger partial charge in [-0.3, -0.25) is 34.0 Å². The fourth-order valence-electron chi connectivity index (χ4n) is 19.7. The van der Waals surface area contributed by atoms with E-state index >= 15 is 0 Å². The smallest absolute Gasteiger partial charge is 0.255 e. The number of likely N-dealkylation sites (tertiary alicyclic amines) is 1. The fourth-order valence-corrected chi connectivity index (χ4v) is 19.7. The molecule has 4 unspecified atom stereocenters. The third-order valence-electron chi connectivity index (χ3n) is 26.8. The maximum Gasteiger partial charge on any atom is 0.255 e. The topological polar surface area (TPSA) is 212 Å². The molecule has 1 saturated carbocycles. The number of pyridine rings is 4. The van der Waals surface area contributed by atoms with E-state index in [4.69, 9.17) is 0 Å². The molecule has 1 aliphatic carbocycles. The molecule has 0 radical (unpaired) electrons. The van der Waals surface area contributed by atoms with Gasteiger partial charge in [-0.05, 0) is 228 Å². The molecular weight excluding hydrogens is 1510 g/mol. The summed E-state index contributed by atoms with van der Waals surface area (Å²) in [6, 6.07) is 58.7. The number of carbonyl (C=O) groups is 3. The maximum absolute atomic E-state index is 12.9. The van der Waals surface area contributed by atoms with Crippen molar-refractivity contribution in [3.05, 3.63) is 296 Å².